The van der Waals surface area contributed by atoms with Crippen LogP contribution in [0, 0.1) is 5.92 Å². The van der Waals surface area contributed by atoms with Gasteiger partial charge in [0.25, 0.3) is 0 Å². The van der Waals surface area contributed by atoms with Crippen molar-refractivity contribution in [1.82, 2.24) is 25.6 Å². The average molecular weight is 408 g/mol. The van der Waals surface area contributed by atoms with E-state index >= 15 is 0 Å². The molecule has 0 saturated heterocycles. The number of nitrogens with zero attached hydrogens (tertiary/aromatic N) is 3. The van der Waals surface area contributed by atoms with E-state index in [0.717, 1.165) is 76.6 Å². The van der Waals surface area contributed by atoms with Crippen molar-refractivity contribution in [2.24, 2.45) is 5.92 Å². The average Bonchev–Trinajstić information content (AvgIpc) is 3.18. The Morgan fingerprint density at radius 3 is 2.41 bits per heavy atom. The van der Waals surface area contributed by atoms with Crippen molar-refractivity contribution in [3.05, 3.63) is 11.9 Å². The van der Waals surface area contributed by atoms with E-state index < -0.39 is 0 Å². The van der Waals surface area contributed by atoms with Crippen LogP contribution < -0.4 is 10.6 Å². The van der Waals surface area contributed by atoms with E-state index in [-0.39, 0.29) is 11.8 Å². The summed E-state index contributed by atoms with van der Waals surface area (Å²) in [6, 6.07) is 0.594. The van der Waals surface area contributed by atoms with Crippen LogP contribution in [0.15, 0.2) is 6.20 Å². The van der Waals surface area contributed by atoms with E-state index in [1.54, 1.807) is 0 Å². The third kappa shape index (κ3) is 11.4. The van der Waals surface area contributed by atoms with Crippen LogP contribution in [0.4, 0.5) is 0 Å². The monoisotopic (exact) mass is 407 g/mol. The maximum Gasteiger partial charge on any atom is 0.223 e. The third-order valence-electron chi connectivity index (χ3n) is 5.68. The number of carbonyl (C=O) groups is 1. The van der Waals surface area contributed by atoms with Gasteiger partial charge in [0.05, 0.1) is 5.69 Å². The normalized spacial score (nSPS) is 12.4. The quantitative estimate of drug-likeness (QED) is 0.352. The maximum absolute atomic E-state index is 12.5. The first-order valence-electron chi connectivity index (χ1n) is 12.0. The van der Waals surface area contributed by atoms with Gasteiger partial charge < -0.3 is 10.6 Å². The number of aromatic nitrogens is 3. The number of nitrogens with one attached hydrogen (secondary N) is 2. The van der Waals surface area contributed by atoms with Gasteiger partial charge in [-0.3, -0.25) is 9.48 Å². The van der Waals surface area contributed by atoms with Crippen molar-refractivity contribution in [2.45, 2.75) is 111 Å². The molecule has 0 aliphatic heterocycles. The molecule has 1 rings (SSSR count). The summed E-state index contributed by atoms with van der Waals surface area (Å²) in [5.74, 6) is 0.420. The van der Waals surface area contributed by atoms with Crippen molar-refractivity contribution < 1.29 is 4.79 Å². The van der Waals surface area contributed by atoms with E-state index in [1.165, 1.54) is 12.8 Å². The molecular weight excluding hydrogens is 362 g/mol. The number of aryl methyl sites for hydroxylation is 1. The molecule has 0 aliphatic carbocycles. The molecule has 1 atom stereocenters. The van der Waals surface area contributed by atoms with Gasteiger partial charge in [-0.2, -0.15) is 0 Å². The van der Waals surface area contributed by atoms with Crippen LogP contribution in [0.25, 0.3) is 0 Å². The highest BCUT2D eigenvalue weighted by Gasteiger charge is 2.16. The Balaban J connectivity index is 2.26. The number of rotatable bonds is 18. The summed E-state index contributed by atoms with van der Waals surface area (Å²) < 4.78 is 1.90. The van der Waals surface area contributed by atoms with Crippen LogP contribution in [-0.4, -0.2) is 40.0 Å². The van der Waals surface area contributed by atoms with Gasteiger partial charge in [-0.15, -0.1) is 5.10 Å². The number of unbranched alkanes of at least 4 members (excludes halogenated alkanes) is 3. The minimum Gasteiger partial charge on any atom is -0.356 e. The second-order valence-electron chi connectivity index (χ2n) is 8.17. The second kappa shape index (κ2) is 16.4. The zero-order valence-electron chi connectivity index (χ0n) is 19.4. The molecule has 0 fully saturated rings. The lowest BCUT2D eigenvalue weighted by Crippen LogP contribution is -2.32. The Bertz CT molecular complexity index is 527. The van der Waals surface area contributed by atoms with Gasteiger partial charge >= 0.3 is 0 Å². The molecule has 0 saturated carbocycles. The van der Waals surface area contributed by atoms with E-state index in [4.69, 9.17) is 0 Å². The van der Waals surface area contributed by atoms with Crippen molar-refractivity contribution in [1.29, 1.82) is 0 Å². The number of carbonyl (C=O) groups excluding carboxylic acids is 1. The molecule has 1 aromatic rings. The highest BCUT2D eigenvalue weighted by Crippen LogP contribution is 2.17. The fourth-order valence-electron chi connectivity index (χ4n) is 3.64. The van der Waals surface area contributed by atoms with E-state index in [0.29, 0.717) is 12.6 Å². The van der Waals surface area contributed by atoms with Gasteiger partial charge in [-0.25, -0.2) is 0 Å². The first kappa shape index (κ1) is 25.6. The summed E-state index contributed by atoms with van der Waals surface area (Å²) in [7, 11) is 0. The van der Waals surface area contributed by atoms with Gasteiger partial charge in [0.2, 0.25) is 5.91 Å². The smallest absolute Gasteiger partial charge is 0.223 e. The lowest BCUT2D eigenvalue weighted by Gasteiger charge is -2.16. The first-order valence-corrected chi connectivity index (χ1v) is 12.0. The molecule has 1 aromatic heterocycles. The fraction of sp³-hybridized carbons (Fsp3) is 0.870. The van der Waals surface area contributed by atoms with Crippen molar-refractivity contribution in [2.75, 3.05) is 13.1 Å². The Kier molecular flexibility index (Phi) is 14.5. The van der Waals surface area contributed by atoms with Crippen LogP contribution in [0.1, 0.15) is 97.6 Å². The third-order valence-corrected chi connectivity index (χ3v) is 5.68. The van der Waals surface area contributed by atoms with Crippen molar-refractivity contribution in [3.8, 4) is 0 Å². The molecule has 1 heterocycles. The lowest BCUT2D eigenvalue weighted by atomic mass is 9.94. The molecule has 168 valence electrons. The Morgan fingerprint density at radius 2 is 1.72 bits per heavy atom. The van der Waals surface area contributed by atoms with Crippen LogP contribution in [0.5, 0.6) is 0 Å². The molecule has 0 bridgehead atoms. The van der Waals surface area contributed by atoms with Crippen LogP contribution in [-0.2, 0) is 17.8 Å². The molecule has 6 nitrogen and oxygen atoms in total. The van der Waals surface area contributed by atoms with E-state index in [2.05, 4.69) is 48.6 Å². The zero-order chi connectivity index (χ0) is 21.3. The molecule has 0 spiro atoms. The fourth-order valence-corrected chi connectivity index (χ4v) is 3.64. The second-order valence-corrected chi connectivity index (χ2v) is 8.17. The maximum atomic E-state index is 12.5. The van der Waals surface area contributed by atoms with Gasteiger partial charge in [0.1, 0.15) is 0 Å². The van der Waals surface area contributed by atoms with Gasteiger partial charge in [-0.05, 0) is 32.1 Å². The molecule has 0 radical (unpaired) electrons. The molecule has 6 heteroatoms. The molecule has 29 heavy (non-hydrogen) atoms. The molecule has 1 unspecified atom stereocenters. The molecular formula is C23H45N5O. The summed E-state index contributed by atoms with van der Waals surface area (Å²) in [6.45, 7) is 11.3. The number of hydrogen-bond acceptors (Lipinski definition) is 4. The summed E-state index contributed by atoms with van der Waals surface area (Å²) in [5.41, 5.74) is 1.03. The highest BCUT2D eigenvalue weighted by atomic mass is 16.1. The predicted octanol–water partition coefficient (Wildman–Crippen LogP) is 4.49. The van der Waals surface area contributed by atoms with Gasteiger partial charge in [0.15, 0.2) is 0 Å². The first-order chi connectivity index (χ1) is 14.1. The SMILES string of the molecule is CCCCCC(CCCC)C(=O)NCCCn1cc(CCNC(CC)CC)nn1. The molecule has 0 aliphatic rings. The van der Waals surface area contributed by atoms with Gasteiger partial charge in [-0.1, -0.05) is 65.0 Å². The summed E-state index contributed by atoms with van der Waals surface area (Å²) in [4.78, 5) is 12.5. The van der Waals surface area contributed by atoms with Crippen LogP contribution >= 0.6 is 0 Å². The van der Waals surface area contributed by atoms with Crippen molar-refractivity contribution in [3.63, 3.8) is 0 Å². The largest absolute Gasteiger partial charge is 0.356 e. The van der Waals surface area contributed by atoms with E-state index in [9.17, 15) is 4.79 Å². The minimum atomic E-state index is 0.182. The van der Waals surface area contributed by atoms with Gasteiger partial charge in [0, 0.05) is 44.2 Å². The predicted molar refractivity (Wildman–Crippen MR) is 121 cm³/mol. The topological polar surface area (TPSA) is 71.8 Å². The zero-order valence-corrected chi connectivity index (χ0v) is 19.4. The molecule has 1 amide bonds. The number of amides is 1. The summed E-state index contributed by atoms with van der Waals surface area (Å²) >= 11 is 0. The molecule has 0 aromatic carbocycles. The minimum absolute atomic E-state index is 0.182. The number of hydrogen-bond donors (Lipinski definition) is 2. The van der Waals surface area contributed by atoms with Crippen LogP contribution in [0.2, 0.25) is 0 Å². The highest BCUT2D eigenvalue weighted by molar-refractivity contribution is 5.78. The summed E-state index contributed by atoms with van der Waals surface area (Å²) in [6.07, 6.45) is 14.1. The Hall–Kier alpha value is -1.43. The lowest BCUT2D eigenvalue weighted by molar-refractivity contribution is -0.125. The van der Waals surface area contributed by atoms with E-state index in [1.807, 2.05) is 10.9 Å². The Labute approximate surface area is 178 Å². The van der Waals surface area contributed by atoms with Crippen molar-refractivity contribution >= 4 is 5.91 Å². The molecule has 2 N–H and O–H groups in total. The standard InChI is InChI=1S/C23H45N5O/c1-5-9-11-14-20(13-10-6-2)23(29)25-16-12-18-28-19-22(26-27-28)15-17-24-21(7-3)8-4/h19-21,24H,5-18H2,1-4H3,(H,25,29). The summed E-state index contributed by atoms with van der Waals surface area (Å²) in [5, 5.41) is 15.2. The Morgan fingerprint density at radius 1 is 1.00 bits per heavy atom. The van der Waals surface area contributed by atoms with Crippen LogP contribution in [0.3, 0.4) is 0 Å².